The SMILES string of the molecule is Cc1ccc(C#CCO)cc1F. The van der Waals surface area contributed by atoms with E-state index in [2.05, 4.69) is 11.8 Å². The first-order chi connectivity index (χ1) is 5.74. The third-order valence-electron chi connectivity index (χ3n) is 1.48. The second kappa shape index (κ2) is 3.89. The largest absolute Gasteiger partial charge is 0.384 e. The Kier molecular flexibility index (Phi) is 2.84. The molecule has 0 fully saturated rings. The van der Waals surface area contributed by atoms with E-state index in [0.29, 0.717) is 11.1 Å². The first-order valence-corrected chi connectivity index (χ1v) is 3.60. The van der Waals surface area contributed by atoms with E-state index >= 15 is 0 Å². The smallest absolute Gasteiger partial charge is 0.127 e. The number of rotatable bonds is 0. The lowest BCUT2D eigenvalue weighted by molar-refractivity contribution is 0.350. The van der Waals surface area contributed by atoms with E-state index in [0.717, 1.165) is 0 Å². The summed E-state index contributed by atoms with van der Waals surface area (Å²) in [7, 11) is 0. The summed E-state index contributed by atoms with van der Waals surface area (Å²) in [5.41, 5.74) is 1.19. The molecule has 0 bridgehead atoms. The highest BCUT2D eigenvalue weighted by Crippen LogP contribution is 2.07. The molecule has 0 aromatic heterocycles. The Bertz CT molecular complexity index is 333. The summed E-state index contributed by atoms with van der Waals surface area (Å²) < 4.78 is 12.9. The summed E-state index contributed by atoms with van der Waals surface area (Å²) in [5.74, 6) is 4.81. The molecule has 12 heavy (non-hydrogen) atoms. The maximum atomic E-state index is 12.9. The fourth-order valence-electron chi connectivity index (χ4n) is 0.812. The molecule has 0 radical (unpaired) electrons. The Morgan fingerprint density at radius 2 is 2.25 bits per heavy atom. The molecule has 1 N–H and O–H groups in total. The van der Waals surface area contributed by atoms with E-state index < -0.39 is 0 Å². The van der Waals surface area contributed by atoms with Gasteiger partial charge in [0, 0.05) is 5.56 Å². The summed E-state index contributed by atoms with van der Waals surface area (Å²) in [6.45, 7) is 1.49. The maximum Gasteiger partial charge on any atom is 0.127 e. The van der Waals surface area contributed by atoms with Gasteiger partial charge < -0.3 is 5.11 Å². The van der Waals surface area contributed by atoms with E-state index in [4.69, 9.17) is 5.11 Å². The van der Waals surface area contributed by atoms with Crippen LogP contribution < -0.4 is 0 Å². The van der Waals surface area contributed by atoms with Crippen LogP contribution in [0.2, 0.25) is 0 Å². The summed E-state index contributed by atoms with van der Waals surface area (Å²) >= 11 is 0. The molecule has 0 spiro atoms. The van der Waals surface area contributed by atoms with Gasteiger partial charge in [-0.15, -0.1) is 0 Å². The fraction of sp³-hybridized carbons (Fsp3) is 0.200. The van der Waals surface area contributed by atoms with E-state index in [9.17, 15) is 4.39 Å². The van der Waals surface area contributed by atoms with Crippen LogP contribution in [0.25, 0.3) is 0 Å². The number of benzene rings is 1. The van der Waals surface area contributed by atoms with Crippen LogP contribution in [-0.4, -0.2) is 11.7 Å². The van der Waals surface area contributed by atoms with Crippen molar-refractivity contribution in [3.8, 4) is 11.8 Å². The zero-order valence-corrected chi connectivity index (χ0v) is 6.76. The minimum Gasteiger partial charge on any atom is -0.384 e. The highest BCUT2D eigenvalue weighted by atomic mass is 19.1. The van der Waals surface area contributed by atoms with E-state index in [-0.39, 0.29) is 12.4 Å². The molecule has 0 amide bonds. The number of aliphatic hydroxyl groups is 1. The van der Waals surface area contributed by atoms with Crippen LogP contribution in [0.15, 0.2) is 18.2 Å². The molecule has 2 heteroatoms. The van der Waals surface area contributed by atoms with Gasteiger partial charge >= 0.3 is 0 Å². The van der Waals surface area contributed by atoms with Crippen molar-refractivity contribution in [3.63, 3.8) is 0 Å². The first-order valence-electron chi connectivity index (χ1n) is 3.60. The molecule has 1 rings (SSSR count). The second-order valence-electron chi connectivity index (χ2n) is 2.42. The lowest BCUT2D eigenvalue weighted by Crippen LogP contribution is -1.83. The van der Waals surface area contributed by atoms with Crippen LogP contribution in [-0.2, 0) is 0 Å². The molecule has 1 aromatic rings. The van der Waals surface area contributed by atoms with Gasteiger partial charge in [-0.3, -0.25) is 0 Å². The molecule has 1 aromatic carbocycles. The van der Waals surface area contributed by atoms with Gasteiger partial charge in [0.05, 0.1) is 0 Å². The molecule has 1 nitrogen and oxygen atoms in total. The van der Waals surface area contributed by atoms with Crippen LogP contribution in [0, 0.1) is 24.6 Å². The van der Waals surface area contributed by atoms with Crippen molar-refractivity contribution in [1.82, 2.24) is 0 Å². The molecule has 0 aliphatic carbocycles. The molecule has 0 heterocycles. The van der Waals surface area contributed by atoms with Gasteiger partial charge in [-0.1, -0.05) is 17.9 Å². The summed E-state index contributed by atoms with van der Waals surface area (Å²) in [4.78, 5) is 0. The van der Waals surface area contributed by atoms with Crippen LogP contribution in [0.3, 0.4) is 0 Å². The van der Waals surface area contributed by atoms with Crippen LogP contribution in [0.4, 0.5) is 4.39 Å². The summed E-state index contributed by atoms with van der Waals surface area (Å²) in [6, 6.07) is 4.75. The molecule has 0 aliphatic heterocycles. The monoisotopic (exact) mass is 164 g/mol. The lowest BCUT2D eigenvalue weighted by atomic mass is 10.1. The second-order valence-corrected chi connectivity index (χ2v) is 2.42. The van der Waals surface area contributed by atoms with Gasteiger partial charge in [-0.25, -0.2) is 4.39 Å². The number of halogens is 1. The minimum atomic E-state index is -0.264. The van der Waals surface area contributed by atoms with Crippen molar-refractivity contribution >= 4 is 0 Å². The zero-order chi connectivity index (χ0) is 8.97. The molecule has 0 saturated heterocycles. The normalized spacial score (nSPS) is 8.92. The molecule has 0 atom stereocenters. The molecule has 0 saturated carbocycles. The van der Waals surface area contributed by atoms with Crippen molar-refractivity contribution in [1.29, 1.82) is 0 Å². The minimum absolute atomic E-state index is 0.199. The molecule has 62 valence electrons. The number of hydrogen-bond donors (Lipinski definition) is 1. The van der Waals surface area contributed by atoms with E-state index in [1.165, 1.54) is 6.07 Å². The predicted molar refractivity (Wildman–Crippen MR) is 45.1 cm³/mol. The van der Waals surface area contributed by atoms with Gasteiger partial charge in [0.15, 0.2) is 0 Å². The van der Waals surface area contributed by atoms with Crippen molar-refractivity contribution in [2.45, 2.75) is 6.92 Å². The third kappa shape index (κ3) is 2.08. The number of aliphatic hydroxyl groups excluding tert-OH is 1. The number of aryl methyl sites for hydroxylation is 1. The summed E-state index contributed by atoms with van der Waals surface area (Å²) in [6.07, 6.45) is 0. The number of hydrogen-bond acceptors (Lipinski definition) is 1. The highest BCUT2D eigenvalue weighted by Gasteiger charge is 1.95. The Balaban J connectivity index is 2.97. The van der Waals surface area contributed by atoms with Crippen LogP contribution in [0.1, 0.15) is 11.1 Å². The third-order valence-corrected chi connectivity index (χ3v) is 1.48. The average Bonchev–Trinajstić information content (AvgIpc) is 2.07. The van der Waals surface area contributed by atoms with E-state index in [1.54, 1.807) is 19.1 Å². The van der Waals surface area contributed by atoms with Crippen LogP contribution in [0.5, 0.6) is 0 Å². The Hall–Kier alpha value is -1.33. The average molecular weight is 164 g/mol. The Labute approximate surface area is 70.9 Å². The van der Waals surface area contributed by atoms with Crippen LogP contribution >= 0.6 is 0 Å². The Morgan fingerprint density at radius 1 is 1.50 bits per heavy atom. The molecular formula is C10H9FO. The lowest BCUT2D eigenvalue weighted by Gasteiger charge is -1.94. The van der Waals surface area contributed by atoms with Crippen molar-refractivity contribution in [2.24, 2.45) is 0 Å². The standard InChI is InChI=1S/C10H9FO/c1-8-4-5-9(3-2-6-12)7-10(8)11/h4-5,7,12H,6H2,1H3. The van der Waals surface area contributed by atoms with Crippen molar-refractivity contribution in [2.75, 3.05) is 6.61 Å². The van der Waals surface area contributed by atoms with Gasteiger partial charge in [0.2, 0.25) is 0 Å². The fourth-order valence-corrected chi connectivity index (χ4v) is 0.812. The first kappa shape index (κ1) is 8.76. The molecular weight excluding hydrogens is 155 g/mol. The van der Waals surface area contributed by atoms with Gasteiger partial charge in [-0.2, -0.15) is 0 Å². The predicted octanol–water partition coefficient (Wildman–Crippen LogP) is 1.48. The quantitative estimate of drug-likeness (QED) is 0.576. The van der Waals surface area contributed by atoms with Gasteiger partial charge in [0.1, 0.15) is 12.4 Å². The summed E-state index contributed by atoms with van der Waals surface area (Å²) in [5, 5.41) is 8.38. The maximum absolute atomic E-state index is 12.9. The molecule has 0 aliphatic rings. The highest BCUT2D eigenvalue weighted by molar-refractivity contribution is 5.36. The van der Waals surface area contributed by atoms with Crippen molar-refractivity contribution in [3.05, 3.63) is 35.1 Å². The zero-order valence-electron chi connectivity index (χ0n) is 6.76. The van der Waals surface area contributed by atoms with E-state index in [1.807, 2.05) is 0 Å². The van der Waals surface area contributed by atoms with Gasteiger partial charge in [0.25, 0.3) is 0 Å². The van der Waals surface area contributed by atoms with Gasteiger partial charge in [-0.05, 0) is 24.6 Å². The topological polar surface area (TPSA) is 20.2 Å². The van der Waals surface area contributed by atoms with Crippen molar-refractivity contribution < 1.29 is 9.50 Å². The Morgan fingerprint density at radius 3 is 2.83 bits per heavy atom. The molecule has 0 unspecified atom stereocenters.